The van der Waals surface area contributed by atoms with Crippen molar-refractivity contribution in [1.29, 1.82) is 0 Å². The van der Waals surface area contributed by atoms with Gasteiger partial charge in [-0.3, -0.25) is 24.2 Å². The molecule has 0 saturated carbocycles. The maximum absolute atomic E-state index is 15.0. The summed E-state index contributed by atoms with van der Waals surface area (Å²) in [5.74, 6) is -2.28. The number of nitrogens with zero attached hydrogens (tertiary/aromatic N) is 4. The number of aryl methyl sites for hydroxylation is 1. The average Bonchev–Trinajstić information content (AvgIpc) is 3.97. The van der Waals surface area contributed by atoms with E-state index in [4.69, 9.17) is 33.7 Å². The number of aromatic nitrogens is 4. The number of aromatic amines is 2. The average molecular weight is 922 g/mol. The first-order valence-electron chi connectivity index (χ1n) is 23.1. The summed E-state index contributed by atoms with van der Waals surface area (Å²) >= 11 is 0. The lowest BCUT2D eigenvalue weighted by Crippen LogP contribution is -2.47. The van der Waals surface area contributed by atoms with Crippen molar-refractivity contribution in [1.82, 2.24) is 35.1 Å². The largest absolute Gasteiger partial charge is 0.469 e. The zero-order chi connectivity index (χ0) is 48.2. The molecule has 67 heavy (non-hydrogen) atoms. The molecule has 0 unspecified atom stereocenters. The van der Waals surface area contributed by atoms with Crippen LogP contribution in [0.2, 0.25) is 0 Å². The summed E-state index contributed by atoms with van der Waals surface area (Å²) in [6, 6.07) is 5.82. The Labute approximate surface area is 391 Å². The number of alkyl carbamates (subject to hydrolysis) is 1. The normalized spacial score (nSPS) is 18.2. The Kier molecular flexibility index (Phi) is 15.1. The first kappa shape index (κ1) is 48.8. The molecule has 0 aromatic carbocycles. The fourth-order valence-electron chi connectivity index (χ4n) is 9.07. The van der Waals surface area contributed by atoms with Crippen LogP contribution in [-0.4, -0.2) is 138 Å². The molecular weight excluding hydrogens is 859 g/mol. The number of carbonyl (C=O) groups is 5. The van der Waals surface area contributed by atoms with Crippen LogP contribution in [0.25, 0.3) is 33.3 Å². The van der Waals surface area contributed by atoms with Crippen molar-refractivity contribution in [3.8, 4) is 0 Å². The van der Waals surface area contributed by atoms with E-state index < -0.39 is 23.6 Å². The van der Waals surface area contributed by atoms with Gasteiger partial charge in [-0.2, -0.15) is 0 Å². The van der Waals surface area contributed by atoms with Crippen molar-refractivity contribution in [3.05, 3.63) is 81.2 Å². The van der Waals surface area contributed by atoms with Crippen LogP contribution in [0.5, 0.6) is 0 Å². The third-order valence-corrected chi connectivity index (χ3v) is 12.8. The number of methoxy groups -OCH3 is 1. The molecule has 0 aliphatic carbocycles. The second-order valence-electron chi connectivity index (χ2n) is 18.2. The van der Waals surface area contributed by atoms with Gasteiger partial charge in [-0.1, -0.05) is 13.8 Å². The minimum atomic E-state index is -0.606. The molecule has 5 aliphatic heterocycles. The lowest BCUT2D eigenvalue weighted by Gasteiger charge is -2.31. The molecule has 5 aliphatic rings. The van der Waals surface area contributed by atoms with Crippen molar-refractivity contribution in [2.24, 2.45) is 0 Å². The van der Waals surface area contributed by atoms with E-state index in [2.05, 4.69) is 27.1 Å². The molecule has 17 heteroatoms. The summed E-state index contributed by atoms with van der Waals surface area (Å²) in [6.45, 7) is 19.2. The van der Waals surface area contributed by atoms with Gasteiger partial charge in [0.15, 0.2) is 0 Å². The number of nitrogens with one attached hydrogen (secondary N) is 3. The molecule has 358 valence electrons. The SMILES string of the molecule is CCC1=C(C)c2cc3nc(cc4[nH]c(c5c6[nH]c(cc1n2)c(C)c6C(=O)N(CCN1CCOCC1)C5=O)[C@@H](CCC(=O)OC)[C@@H]4C)C(C)=C3/C=C/C(=O)OCCOCCNC(=O)OC(C)(C)C. The first-order chi connectivity index (χ1) is 32.0. The van der Waals surface area contributed by atoms with Crippen LogP contribution in [0, 0.1) is 6.92 Å². The molecule has 2 aromatic rings. The van der Waals surface area contributed by atoms with Gasteiger partial charge in [0, 0.05) is 79.5 Å². The Morgan fingerprint density at radius 3 is 2.34 bits per heavy atom. The van der Waals surface area contributed by atoms with E-state index in [9.17, 15) is 24.0 Å². The number of hydrogen-bond donors (Lipinski definition) is 3. The predicted molar refractivity (Wildman–Crippen MR) is 253 cm³/mol. The van der Waals surface area contributed by atoms with Gasteiger partial charge in [-0.15, -0.1) is 0 Å². The summed E-state index contributed by atoms with van der Waals surface area (Å²) in [5, 5.41) is 2.62. The van der Waals surface area contributed by atoms with Crippen LogP contribution < -0.4 is 5.32 Å². The Morgan fingerprint density at radius 2 is 1.63 bits per heavy atom. The lowest BCUT2D eigenvalue weighted by atomic mass is 9.84. The Bertz CT molecular complexity index is 2610. The van der Waals surface area contributed by atoms with Crippen LogP contribution in [0.1, 0.15) is 140 Å². The zero-order valence-electron chi connectivity index (χ0n) is 40.1. The number of morpholine rings is 1. The van der Waals surface area contributed by atoms with Gasteiger partial charge in [0.25, 0.3) is 11.8 Å². The molecule has 1 saturated heterocycles. The van der Waals surface area contributed by atoms with Gasteiger partial charge in [0.1, 0.15) is 12.2 Å². The topological polar surface area (TPSA) is 207 Å². The molecule has 1 fully saturated rings. The first-order valence-corrected chi connectivity index (χ1v) is 23.1. The standard InChI is InChI=1S/C50H63N7O10/c1-10-32-28(2)36-26-40-33(11-14-42(59)66-24-23-64-20-15-51-49(62)67-50(6,7)8)29(3)35(53-40)25-37-30(4)34(12-13-41(58)63-9)45(54-37)44-46-43(31(5)38(55-46)27-39(32)52-36)47(60)57(48(44)61)17-16-56-18-21-65-22-19-56/h11,14,25-27,30,34,54-55H,10,12-13,15-24H2,1-9H3,(H,51,62)/b14-11+,37-25?,39-27?,40-26?,45-44?/t30-,34-/m0/s1. The number of ether oxygens (including phenoxy) is 5. The maximum atomic E-state index is 15.0. The minimum absolute atomic E-state index is 0.00386. The number of rotatable bonds is 15. The highest BCUT2D eigenvalue weighted by atomic mass is 16.6. The van der Waals surface area contributed by atoms with E-state index in [0.717, 1.165) is 28.1 Å². The van der Waals surface area contributed by atoms with Gasteiger partial charge in [0.05, 0.1) is 73.0 Å². The van der Waals surface area contributed by atoms with E-state index in [0.29, 0.717) is 102 Å². The highest BCUT2D eigenvalue weighted by Crippen LogP contribution is 2.45. The van der Waals surface area contributed by atoms with Crippen molar-refractivity contribution in [3.63, 3.8) is 0 Å². The smallest absolute Gasteiger partial charge is 0.407 e. The van der Waals surface area contributed by atoms with E-state index in [1.165, 1.54) is 18.1 Å². The molecule has 0 spiro atoms. The van der Waals surface area contributed by atoms with Gasteiger partial charge < -0.3 is 39.0 Å². The predicted octanol–water partition coefficient (Wildman–Crippen LogP) is 7.03. The van der Waals surface area contributed by atoms with E-state index in [1.54, 1.807) is 26.8 Å². The van der Waals surface area contributed by atoms with Gasteiger partial charge >= 0.3 is 18.0 Å². The molecule has 7 rings (SSSR count). The van der Waals surface area contributed by atoms with Crippen LogP contribution in [0.4, 0.5) is 4.79 Å². The maximum Gasteiger partial charge on any atom is 0.407 e. The Hall–Kier alpha value is -6.17. The summed E-state index contributed by atoms with van der Waals surface area (Å²) in [6.07, 6.45) is 3.67. The van der Waals surface area contributed by atoms with Crippen molar-refractivity contribution in [2.75, 3.05) is 72.9 Å². The monoisotopic (exact) mass is 921 g/mol. The molecule has 3 N–H and O–H groups in total. The van der Waals surface area contributed by atoms with Crippen molar-refractivity contribution < 1.29 is 47.7 Å². The molecule has 7 heterocycles. The number of allylic oxidation sites excluding steroid dienone is 5. The lowest BCUT2D eigenvalue weighted by molar-refractivity contribution is -0.141. The van der Waals surface area contributed by atoms with E-state index >= 15 is 0 Å². The number of amides is 3. The summed E-state index contributed by atoms with van der Waals surface area (Å²) in [4.78, 5) is 88.1. The van der Waals surface area contributed by atoms with Gasteiger partial charge in [-0.25, -0.2) is 19.6 Å². The highest BCUT2D eigenvalue weighted by Gasteiger charge is 2.41. The third-order valence-electron chi connectivity index (χ3n) is 12.8. The third kappa shape index (κ3) is 10.8. The van der Waals surface area contributed by atoms with Crippen LogP contribution >= 0.6 is 0 Å². The van der Waals surface area contributed by atoms with Gasteiger partial charge in [0.2, 0.25) is 0 Å². The number of esters is 2. The molecule has 3 amide bonds. The van der Waals surface area contributed by atoms with Crippen LogP contribution in [-0.2, 0) is 33.3 Å². The van der Waals surface area contributed by atoms with Crippen molar-refractivity contribution >= 4 is 63.2 Å². The minimum Gasteiger partial charge on any atom is -0.469 e. The fourth-order valence-corrected chi connectivity index (χ4v) is 9.07. The number of imide groups is 1. The molecule has 8 bridgehead atoms. The summed E-state index contributed by atoms with van der Waals surface area (Å²) in [7, 11) is 1.36. The molecular formula is C50H63N7O10. The highest BCUT2D eigenvalue weighted by molar-refractivity contribution is 6.23. The zero-order valence-corrected chi connectivity index (χ0v) is 40.1. The van der Waals surface area contributed by atoms with E-state index in [-0.39, 0.29) is 63.0 Å². The molecule has 0 radical (unpaired) electrons. The van der Waals surface area contributed by atoms with Crippen LogP contribution in [0.3, 0.4) is 0 Å². The quantitative estimate of drug-likeness (QED) is 0.0540. The Balaban J connectivity index is 1.29. The molecule has 2 aromatic heterocycles. The van der Waals surface area contributed by atoms with E-state index in [1.807, 2.05) is 45.9 Å². The number of fused-ring (bicyclic) bond motifs is 8. The number of H-pyrrole nitrogens is 2. The van der Waals surface area contributed by atoms with Crippen LogP contribution in [0.15, 0.2) is 30.4 Å². The fraction of sp³-hybridized carbons (Fsp3) is 0.500. The molecule has 2 atom stereocenters. The summed E-state index contributed by atoms with van der Waals surface area (Å²) < 4.78 is 26.8. The Morgan fingerprint density at radius 1 is 0.910 bits per heavy atom. The number of hydrogen-bond acceptors (Lipinski definition) is 13. The molecule has 17 nitrogen and oxygen atoms in total. The second-order valence-corrected chi connectivity index (χ2v) is 18.2. The van der Waals surface area contributed by atoms with Crippen molar-refractivity contribution in [2.45, 2.75) is 92.1 Å². The van der Waals surface area contributed by atoms with Gasteiger partial charge in [-0.05, 0) is 101 Å². The number of carbonyl (C=O) groups excluding carboxylic acids is 5. The second kappa shape index (κ2) is 20.8. The summed E-state index contributed by atoms with van der Waals surface area (Å²) in [5.41, 5.74) is 9.47.